The Bertz CT molecular complexity index is 679. The second-order valence-corrected chi connectivity index (χ2v) is 5.25. The van der Waals surface area contributed by atoms with Crippen molar-refractivity contribution in [3.63, 3.8) is 0 Å². The predicted molar refractivity (Wildman–Crippen MR) is 88.0 cm³/mol. The molecule has 0 fully saturated rings. The van der Waals surface area contributed by atoms with E-state index in [0.29, 0.717) is 30.3 Å². The van der Waals surface area contributed by atoms with Crippen LogP contribution in [0.15, 0.2) is 42.5 Å². The molecule has 0 amide bonds. The molecule has 2 N–H and O–H groups in total. The molecular formula is C16H17ClN2O4. The summed E-state index contributed by atoms with van der Waals surface area (Å²) >= 11 is 6.01. The highest BCUT2D eigenvalue weighted by Gasteiger charge is 2.17. The Morgan fingerprint density at radius 3 is 2.70 bits per heavy atom. The highest BCUT2D eigenvalue weighted by Crippen LogP contribution is 2.35. The van der Waals surface area contributed by atoms with Crippen molar-refractivity contribution in [2.24, 2.45) is 0 Å². The van der Waals surface area contributed by atoms with Crippen molar-refractivity contribution in [2.45, 2.75) is 13.0 Å². The molecule has 122 valence electrons. The van der Waals surface area contributed by atoms with Crippen LogP contribution in [0.3, 0.4) is 0 Å². The Hall–Kier alpha value is -2.15. The van der Waals surface area contributed by atoms with E-state index in [9.17, 15) is 10.1 Å². The lowest BCUT2D eigenvalue weighted by atomic mass is 10.2. The van der Waals surface area contributed by atoms with Gasteiger partial charge in [-0.2, -0.15) is 0 Å². The highest BCUT2D eigenvalue weighted by atomic mass is 35.5. The third-order valence-corrected chi connectivity index (χ3v) is 3.43. The van der Waals surface area contributed by atoms with Gasteiger partial charge in [0, 0.05) is 19.2 Å². The van der Waals surface area contributed by atoms with E-state index in [-0.39, 0.29) is 18.0 Å². The molecular weight excluding hydrogens is 320 g/mol. The van der Waals surface area contributed by atoms with Crippen LogP contribution in [0.4, 0.5) is 5.69 Å². The third kappa shape index (κ3) is 4.92. The highest BCUT2D eigenvalue weighted by molar-refractivity contribution is 6.32. The van der Waals surface area contributed by atoms with Crippen LogP contribution in [0.25, 0.3) is 0 Å². The summed E-state index contributed by atoms with van der Waals surface area (Å²) in [4.78, 5) is 10.8. The third-order valence-electron chi connectivity index (χ3n) is 3.12. The fourth-order valence-corrected chi connectivity index (χ4v) is 2.16. The van der Waals surface area contributed by atoms with Gasteiger partial charge in [0.15, 0.2) is 0 Å². The van der Waals surface area contributed by atoms with Gasteiger partial charge in [-0.05, 0) is 36.7 Å². The summed E-state index contributed by atoms with van der Waals surface area (Å²) in [5.74, 6) is 0.508. The van der Waals surface area contributed by atoms with E-state index in [1.165, 1.54) is 6.07 Å². The molecule has 0 aliphatic heterocycles. The molecule has 0 radical (unpaired) electrons. The molecule has 2 rings (SSSR count). The van der Waals surface area contributed by atoms with Crippen molar-refractivity contribution in [2.75, 3.05) is 13.2 Å². The van der Waals surface area contributed by atoms with E-state index in [1.54, 1.807) is 36.4 Å². The van der Waals surface area contributed by atoms with E-state index in [0.717, 1.165) is 5.56 Å². The van der Waals surface area contributed by atoms with Crippen LogP contribution in [-0.4, -0.2) is 23.2 Å². The van der Waals surface area contributed by atoms with Gasteiger partial charge in [0.1, 0.15) is 5.75 Å². The first-order valence-electron chi connectivity index (χ1n) is 7.13. The van der Waals surface area contributed by atoms with E-state index in [1.807, 2.05) is 0 Å². The zero-order chi connectivity index (χ0) is 16.7. The lowest BCUT2D eigenvalue weighted by Crippen LogP contribution is -2.15. The minimum atomic E-state index is -0.483. The first kappa shape index (κ1) is 17.2. The largest absolute Gasteiger partial charge is 0.449 e. The van der Waals surface area contributed by atoms with Crippen molar-refractivity contribution in [3.05, 3.63) is 63.2 Å². The van der Waals surface area contributed by atoms with Gasteiger partial charge in [0.25, 0.3) is 0 Å². The zero-order valence-electron chi connectivity index (χ0n) is 12.4. The lowest BCUT2D eigenvalue weighted by Gasteiger charge is -2.09. The van der Waals surface area contributed by atoms with E-state index < -0.39 is 4.92 Å². The van der Waals surface area contributed by atoms with Gasteiger partial charge >= 0.3 is 5.69 Å². The number of hydrogen-bond acceptors (Lipinski definition) is 5. The first-order valence-corrected chi connectivity index (χ1v) is 7.51. The number of rotatable bonds is 8. The monoisotopic (exact) mass is 336 g/mol. The molecule has 0 aromatic heterocycles. The molecule has 2 aromatic carbocycles. The maximum atomic E-state index is 11.3. The van der Waals surface area contributed by atoms with Crippen molar-refractivity contribution in [3.8, 4) is 11.5 Å². The normalized spacial score (nSPS) is 10.5. The standard InChI is InChI=1S/C16H17ClN2O4/c17-13-4-1-2-5-15(13)23-16-7-6-12(10-14(16)19(21)22)11-18-8-3-9-20/h1-2,4-7,10,18,20H,3,8-9,11H2. The van der Waals surface area contributed by atoms with E-state index in [4.69, 9.17) is 21.4 Å². The SMILES string of the molecule is O=[N+]([O-])c1cc(CNCCCO)ccc1Oc1ccccc1Cl. The van der Waals surface area contributed by atoms with Crippen LogP contribution in [-0.2, 0) is 6.54 Å². The second-order valence-electron chi connectivity index (χ2n) is 4.85. The van der Waals surface area contributed by atoms with Crippen LogP contribution in [0.2, 0.25) is 5.02 Å². The fourth-order valence-electron chi connectivity index (χ4n) is 1.98. The van der Waals surface area contributed by atoms with Crippen molar-refractivity contribution in [1.82, 2.24) is 5.32 Å². The van der Waals surface area contributed by atoms with Gasteiger partial charge in [-0.3, -0.25) is 10.1 Å². The molecule has 0 saturated carbocycles. The minimum absolute atomic E-state index is 0.109. The van der Waals surface area contributed by atoms with Gasteiger partial charge in [-0.15, -0.1) is 0 Å². The Labute approximate surface area is 138 Å². The summed E-state index contributed by atoms with van der Waals surface area (Å²) in [5.41, 5.74) is 0.646. The predicted octanol–water partition coefficient (Wildman–Crippen LogP) is 3.51. The maximum Gasteiger partial charge on any atom is 0.311 e. The fraction of sp³-hybridized carbons (Fsp3) is 0.250. The molecule has 0 saturated heterocycles. The number of nitro groups is 1. The molecule has 23 heavy (non-hydrogen) atoms. The van der Waals surface area contributed by atoms with E-state index in [2.05, 4.69) is 5.32 Å². The summed E-state index contributed by atoms with van der Waals surface area (Å²) in [6, 6.07) is 11.6. The van der Waals surface area contributed by atoms with Crippen LogP contribution < -0.4 is 10.1 Å². The Kier molecular flexibility index (Phi) is 6.34. The number of ether oxygens (including phenoxy) is 1. The average molecular weight is 337 g/mol. The van der Waals surface area contributed by atoms with Gasteiger partial charge < -0.3 is 15.2 Å². The summed E-state index contributed by atoms with van der Waals surface area (Å²) < 4.78 is 5.57. The number of hydrogen-bond donors (Lipinski definition) is 2. The summed E-state index contributed by atoms with van der Waals surface area (Å²) in [6.07, 6.45) is 0.635. The van der Waals surface area contributed by atoms with Crippen LogP contribution in [0, 0.1) is 10.1 Å². The minimum Gasteiger partial charge on any atom is -0.449 e. The van der Waals surface area contributed by atoms with Gasteiger partial charge in [0.05, 0.1) is 9.95 Å². The van der Waals surface area contributed by atoms with Crippen molar-refractivity contribution >= 4 is 17.3 Å². The summed E-state index contributed by atoms with van der Waals surface area (Å²) in [5, 5.41) is 23.5. The summed E-state index contributed by atoms with van der Waals surface area (Å²) in [6.45, 7) is 1.23. The Morgan fingerprint density at radius 1 is 1.22 bits per heavy atom. The topological polar surface area (TPSA) is 84.6 Å². The van der Waals surface area contributed by atoms with Crippen LogP contribution >= 0.6 is 11.6 Å². The number of nitrogens with one attached hydrogen (secondary N) is 1. The molecule has 0 aliphatic carbocycles. The number of nitro benzene ring substituents is 1. The molecule has 0 bridgehead atoms. The first-order chi connectivity index (χ1) is 11.1. The van der Waals surface area contributed by atoms with Crippen molar-refractivity contribution < 1.29 is 14.8 Å². The molecule has 0 aliphatic rings. The molecule has 7 heteroatoms. The number of aliphatic hydroxyl groups excluding tert-OH is 1. The van der Waals surface area contributed by atoms with Crippen molar-refractivity contribution in [1.29, 1.82) is 0 Å². The quantitative estimate of drug-likeness (QED) is 0.438. The Balaban J connectivity index is 2.16. The zero-order valence-corrected chi connectivity index (χ0v) is 13.1. The van der Waals surface area contributed by atoms with Crippen LogP contribution in [0.5, 0.6) is 11.5 Å². The Morgan fingerprint density at radius 2 is 2.00 bits per heavy atom. The molecule has 6 nitrogen and oxygen atoms in total. The van der Waals surface area contributed by atoms with Gasteiger partial charge in [-0.25, -0.2) is 0 Å². The molecule has 0 heterocycles. The number of halogens is 1. The van der Waals surface area contributed by atoms with Gasteiger partial charge in [0.2, 0.25) is 5.75 Å². The maximum absolute atomic E-state index is 11.3. The van der Waals surface area contributed by atoms with E-state index >= 15 is 0 Å². The lowest BCUT2D eigenvalue weighted by molar-refractivity contribution is -0.385. The smallest absolute Gasteiger partial charge is 0.311 e. The van der Waals surface area contributed by atoms with Gasteiger partial charge in [-0.1, -0.05) is 29.8 Å². The molecule has 2 aromatic rings. The number of nitrogens with zero attached hydrogens (tertiary/aromatic N) is 1. The number of aliphatic hydroxyl groups is 1. The number of para-hydroxylation sites is 1. The summed E-state index contributed by atoms with van der Waals surface area (Å²) in [7, 11) is 0. The average Bonchev–Trinajstić information content (AvgIpc) is 2.54. The molecule has 0 unspecified atom stereocenters. The van der Waals surface area contributed by atoms with Crippen LogP contribution in [0.1, 0.15) is 12.0 Å². The number of benzene rings is 2. The second kappa shape index (κ2) is 8.47. The molecule has 0 atom stereocenters. The molecule has 0 spiro atoms.